The number of nitrogens with zero attached hydrogens (tertiary/aromatic N) is 1. The van der Waals surface area contributed by atoms with Crippen molar-refractivity contribution in [3.8, 4) is 5.75 Å². The van der Waals surface area contributed by atoms with Crippen LogP contribution in [-0.4, -0.2) is 60.4 Å². The Hall–Kier alpha value is -2.62. The smallest absolute Gasteiger partial charge is 0.419 e. The van der Waals surface area contributed by atoms with E-state index in [-0.39, 0.29) is 23.9 Å². The van der Waals surface area contributed by atoms with Crippen molar-refractivity contribution in [1.82, 2.24) is 10.2 Å². The number of aliphatic hydroxyl groups is 1. The fraction of sp³-hybridized carbons (Fsp3) is 0.581. The van der Waals surface area contributed by atoms with Crippen LogP contribution in [0.25, 0.3) is 0 Å². The van der Waals surface area contributed by atoms with Crippen molar-refractivity contribution >= 4 is 6.47 Å². The van der Waals surface area contributed by atoms with Gasteiger partial charge in [-0.05, 0) is 56.9 Å². The molecule has 2 aromatic carbocycles. The van der Waals surface area contributed by atoms with Gasteiger partial charge in [-0.2, -0.15) is 13.2 Å². The molecule has 1 aliphatic carbocycles. The lowest BCUT2D eigenvalue weighted by molar-refractivity contribution is -0.139. The Morgan fingerprint density at radius 1 is 1.02 bits per heavy atom. The minimum absolute atomic E-state index is 0.0669. The van der Waals surface area contributed by atoms with Gasteiger partial charge in [-0.1, -0.05) is 55.7 Å². The van der Waals surface area contributed by atoms with E-state index in [4.69, 9.17) is 4.74 Å². The summed E-state index contributed by atoms with van der Waals surface area (Å²) in [7, 11) is 0. The van der Waals surface area contributed by atoms with Crippen LogP contribution in [0, 0.1) is 0 Å². The van der Waals surface area contributed by atoms with Crippen LogP contribution >= 0.6 is 0 Å². The largest absolute Gasteiger partial charge is 0.488 e. The first-order chi connectivity index (χ1) is 18.9. The van der Waals surface area contributed by atoms with Crippen molar-refractivity contribution in [2.24, 2.45) is 0 Å². The van der Waals surface area contributed by atoms with Crippen LogP contribution in [0.15, 0.2) is 48.5 Å². The Bertz CT molecular complexity index is 1040. The van der Waals surface area contributed by atoms with Crippen molar-refractivity contribution in [3.05, 3.63) is 65.2 Å². The highest BCUT2D eigenvalue weighted by atomic mass is 19.4. The fourth-order valence-electron chi connectivity index (χ4n) is 5.24. The molecule has 4 rings (SSSR count). The van der Waals surface area contributed by atoms with E-state index < -0.39 is 17.3 Å². The maximum atomic E-state index is 14.1. The Morgan fingerprint density at radius 2 is 1.68 bits per heavy atom. The highest BCUT2D eigenvalue weighted by Gasteiger charge is 2.42. The monoisotopic (exact) mass is 564 g/mol. The van der Waals surface area contributed by atoms with Gasteiger partial charge in [0.15, 0.2) is 0 Å². The van der Waals surface area contributed by atoms with Gasteiger partial charge < -0.3 is 24.8 Å². The van der Waals surface area contributed by atoms with E-state index in [1.54, 1.807) is 6.07 Å². The first kappa shape index (κ1) is 31.9. The number of carbonyl (C=O) groups is 1. The second-order valence-corrected chi connectivity index (χ2v) is 11.6. The number of hydrogen-bond donors (Lipinski definition) is 2. The summed E-state index contributed by atoms with van der Waals surface area (Å²) in [6, 6.07) is 13.5. The molecule has 1 unspecified atom stereocenters. The van der Waals surface area contributed by atoms with Gasteiger partial charge in [0.25, 0.3) is 6.47 Å². The molecule has 2 aromatic rings. The molecule has 0 bridgehead atoms. The second-order valence-electron chi connectivity index (χ2n) is 11.6. The molecule has 2 N–H and O–H groups in total. The quantitative estimate of drug-likeness (QED) is 0.388. The predicted molar refractivity (Wildman–Crippen MR) is 149 cm³/mol. The van der Waals surface area contributed by atoms with Gasteiger partial charge in [-0.25, -0.2) is 0 Å². The standard InChI is InChI=1S/C26H33F3N2O2.C5H10O2/c27-26(28,29)22-17-21(9-10-24(22)33-19-20-7-3-1-4-8-20)23(18-31-15-13-30-14-16-31)25(32)11-5-2-6-12-25;1-5(2,3)7-4-6/h1,3-4,7-10,17,23,30,32H,2,5-6,11-16,18-19H2;4H,1-3H3. The molecule has 0 radical (unpaired) electrons. The normalized spacial score (nSPS) is 18.7. The minimum Gasteiger partial charge on any atom is -0.488 e. The van der Waals surface area contributed by atoms with Crippen LogP contribution in [0.3, 0.4) is 0 Å². The molecular formula is C31H43F3N2O4. The molecule has 40 heavy (non-hydrogen) atoms. The topological polar surface area (TPSA) is 71.0 Å². The van der Waals surface area contributed by atoms with Crippen molar-refractivity contribution < 1.29 is 32.5 Å². The number of halogens is 3. The van der Waals surface area contributed by atoms with Crippen molar-refractivity contribution in [2.75, 3.05) is 32.7 Å². The molecular weight excluding hydrogens is 521 g/mol. The van der Waals surface area contributed by atoms with Crippen LogP contribution in [0.1, 0.15) is 75.5 Å². The summed E-state index contributed by atoms with van der Waals surface area (Å²) < 4.78 is 52.3. The number of piperazine rings is 1. The van der Waals surface area contributed by atoms with Gasteiger partial charge in [0.2, 0.25) is 0 Å². The number of rotatable bonds is 8. The average Bonchev–Trinajstić information content (AvgIpc) is 2.91. The zero-order valence-corrected chi connectivity index (χ0v) is 23.8. The summed E-state index contributed by atoms with van der Waals surface area (Å²) in [5.74, 6) is -0.549. The molecule has 0 spiro atoms. The molecule has 1 saturated heterocycles. The summed E-state index contributed by atoms with van der Waals surface area (Å²) in [6.45, 7) is 9.91. The number of carbonyl (C=O) groups excluding carboxylic acids is 1. The lowest BCUT2D eigenvalue weighted by atomic mass is 9.72. The molecule has 1 heterocycles. The Balaban J connectivity index is 0.000000559. The van der Waals surface area contributed by atoms with Crippen molar-refractivity contribution in [3.63, 3.8) is 0 Å². The van der Waals surface area contributed by atoms with Crippen LogP contribution in [0.4, 0.5) is 13.2 Å². The van der Waals surface area contributed by atoms with E-state index in [2.05, 4.69) is 15.0 Å². The molecule has 1 atom stereocenters. The van der Waals surface area contributed by atoms with Crippen LogP contribution in [0.5, 0.6) is 5.75 Å². The number of ether oxygens (including phenoxy) is 2. The molecule has 2 aliphatic rings. The van der Waals surface area contributed by atoms with E-state index >= 15 is 0 Å². The molecule has 2 fully saturated rings. The van der Waals surface area contributed by atoms with Crippen LogP contribution in [0.2, 0.25) is 0 Å². The van der Waals surface area contributed by atoms with E-state index in [1.165, 1.54) is 12.1 Å². The van der Waals surface area contributed by atoms with Gasteiger partial charge in [-0.3, -0.25) is 4.79 Å². The lowest BCUT2D eigenvalue weighted by Gasteiger charge is -2.42. The summed E-state index contributed by atoms with van der Waals surface area (Å²) in [5, 5.41) is 14.9. The zero-order chi connectivity index (χ0) is 29.2. The lowest BCUT2D eigenvalue weighted by Crippen LogP contribution is -2.49. The van der Waals surface area contributed by atoms with E-state index in [1.807, 2.05) is 51.1 Å². The minimum atomic E-state index is -4.54. The molecule has 6 nitrogen and oxygen atoms in total. The summed E-state index contributed by atoms with van der Waals surface area (Å²) in [4.78, 5) is 11.8. The number of alkyl halides is 3. The second kappa shape index (κ2) is 14.3. The summed E-state index contributed by atoms with van der Waals surface area (Å²) in [6.07, 6.45) is -0.438. The third-order valence-corrected chi connectivity index (χ3v) is 7.37. The third kappa shape index (κ3) is 9.78. The van der Waals surface area contributed by atoms with Gasteiger partial charge in [0.1, 0.15) is 18.0 Å². The number of benzene rings is 2. The predicted octanol–water partition coefficient (Wildman–Crippen LogP) is 5.93. The van der Waals surface area contributed by atoms with Gasteiger partial charge in [0.05, 0.1) is 11.2 Å². The molecule has 222 valence electrons. The van der Waals surface area contributed by atoms with Crippen molar-refractivity contribution in [1.29, 1.82) is 0 Å². The van der Waals surface area contributed by atoms with Gasteiger partial charge >= 0.3 is 6.18 Å². The number of hydrogen-bond acceptors (Lipinski definition) is 6. The molecule has 0 amide bonds. The Morgan fingerprint density at radius 3 is 2.23 bits per heavy atom. The highest BCUT2D eigenvalue weighted by molar-refractivity contribution is 5.42. The first-order valence-electron chi connectivity index (χ1n) is 14.1. The van der Waals surface area contributed by atoms with E-state index in [9.17, 15) is 23.1 Å². The molecule has 1 aliphatic heterocycles. The molecule has 1 saturated carbocycles. The molecule has 9 heteroatoms. The Kier molecular flexibility index (Phi) is 11.4. The van der Waals surface area contributed by atoms with Crippen molar-refractivity contribution in [2.45, 2.75) is 82.8 Å². The van der Waals surface area contributed by atoms with E-state index in [0.29, 0.717) is 31.4 Å². The third-order valence-electron chi connectivity index (χ3n) is 7.37. The average molecular weight is 565 g/mol. The van der Waals surface area contributed by atoms with Crippen LogP contribution < -0.4 is 10.1 Å². The Labute approximate surface area is 235 Å². The SMILES string of the molecule is CC(C)(C)OC=O.OC1(C(CN2CCNCC2)c2ccc(OCc3ccccc3)c(C(F)(F)F)c2)CCCCC1. The van der Waals surface area contributed by atoms with Gasteiger partial charge in [-0.15, -0.1) is 0 Å². The first-order valence-corrected chi connectivity index (χ1v) is 14.1. The number of nitrogens with one attached hydrogen (secondary N) is 1. The van der Waals surface area contributed by atoms with Crippen LogP contribution in [-0.2, 0) is 22.3 Å². The highest BCUT2D eigenvalue weighted by Crippen LogP contribution is 2.44. The molecule has 0 aromatic heterocycles. The van der Waals surface area contributed by atoms with E-state index in [0.717, 1.165) is 51.0 Å². The summed E-state index contributed by atoms with van der Waals surface area (Å²) in [5.41, 5.74) is -0.735. The van der Waals surface area contributed by atoms with Gasteiger partial charge in [0, 0.05) is 38.6 Å². The summed E-state index contributed by atoms with van der Waals surface area (Å²) >= 11 is 0. The fourth-order valence-corrected chi connectivity index (χ4v) is 5.24. The maximum absolute atomic E-state index is 14.1. The maximum Gasteiger partial charge on any atom is 0.419 e. The zero-order valence-electron chi connectivity index (χ0n) is 23.8.